The van der Waals surface area contributed by atoms with Gasteiger partial charge in [-0.15, -0.1) is 0 Å². The predicted octanol–water partition coefficient (Wildman–Crippen LogP) is 3.48. The van der Waals surface area contributed by atoms with Gasteiger partial charge in [-0.1, -0.05) is 0 Å². The van der Waals surface area contributed by atoms with E-state index in [-0.39, 0.29) is 16.5 Å². The number of rotatable bonds is 0. The summed E-state index contributed by atoms with van der Waals surface area (Å²) in [5, 5.41) is 9.19. The fourth-order valence-electron chi connectivity index (χ4n) is 0.593. The standard InChI is InChI=1S/C6HF2I3O/c7-1-3(9)2(8)5(11)6(12)4(1)10/h12H. The molecule has 0 radical (unpaired) electrons. The van der Waals surface area contributed by atoms with E-state index >= 15 is 0 Å². The molecule has 0 spiro atoms. The van der Waals surface area contributed by atoms with Crippen LogP contribution in [0, 0.1) is 22.3 Å². The number of phenolic OH excluding ortho intramolecular Hbond substituents is 1. The Morgan fingerprint density at radius 3 is 1.50 bits per heavy atom. The third-order valence-electron chi connectivity index (χ3n) is 1.19. The topological polar surface area (TPSA) is 20.2 Å². The minimum atomic E-state index is -0.702. The summed E-state index contributed by atoms with van der Waals surface area (Å²) in [7, 11) is 0. The summed E-state index contributed by atoms with van der Waals surface area (Å²) in [4.78, 5) is 0. The Hall–Kier alpha value is 1.07. The maximum atomic E-state index is 13.0. The number of benzene rings is 1. The molecule has 12 heavy (non-hydrogen) atoms. The van der Waals surface area contributed by atoms with E-state index in [0.29, 0.717) is 0 Å². The third-order valence-corrected chi connectivity index (χ3v) is 4.10. The predicted molar refractivity (Wildman–Crippen MR) is 66.2 cm³/mol. The van der Waals surface area contributed by atoms with Crippen LogP contribution in [-0.4, -0.2) is 5.11 Å². The molecule has 0 aliphatic rings. The van der Waals surface area contributed by atoms with Crippen LogP contribution in [0.15, 0.2) is 0 Å². The molecule has 1 aromatic carbocycles. The Balaban J connectivity index is 3.60. The molecular formula is C6HF2I3O. The Kier molecular flexibility index (Phi) is 3.78. The molecule has 1 N–H and O–H groups in total. The summed E-state index contributed by atoms with van der Waals surface area (Å²) >= 11 is 4.84. The molecule has 0 amide bonds. The average Bonchev–Trinajstić information content (AvgIpc) is 2.08. The fourth-order valence-corrected chi connectivity index (χ4v) is 3.76. The maximum Gasteiger partial charge on any atom is 0.156 e. The van der Waals surface area contributed by atoms with Gasteiger partial charge in [-0.25, -0.2) is 8.78 Å². The Morgan fingerprint density at radius 2 is 1.17 bits per heavy atom. The Bertz CT molecular complexity index is 235. The van der Waals surface area contributed by atoms with Crippen molar-refractivity contribution in [1.82, 2.24) is 0 Å². The van der Waals surface area contributed by atoms with Crippen LogP contribution in [0.5, 0.6) is 5.75 Å². The normalized spacial score (nSPS) is 10.4. The minimum absolute atomic E-state index is 0.0581. The lowest BCUT2D eigenvalue weighted by molar-refractivity contribution is 0.446. The first kappa shape index (κ1) is 11.1. The lowest BCUT2D eigenvalue weighted by Crippen LogP contribution is -1.97. The van der Waals surface area contributed by atoms with Gasteiger partial charge in [0.1, 0.15) is 5.75 Å². The van der Waals surface area contributed by atoms with Gasteiger partial charge in [-0.05, 0) is 67.8 Å². The molecule has 66 valence electrons. The third kappa shape index (κ3) is 1.79. The lowest BCUT2D eigenvalue weighted by atomic mass is 10.3. The van der Waals surface area contributed by atoms with Gasteiger partial charge < -0.3 is 5.11 Å². The molecule has 0 unspecified atom stereocenters. The summed E-state index contributed by atoms with van der Waals surface area (Å²) < 4.78 is 26.1. The molecule has 1 rings (SSSR count). The molecule has 0 saturated carbocycles. The van der Waals surface area contributed by atoms with Crippen molar-refractivity contribution in [2.24, 2.45) is 0 Å². The molecule has 0 bridgehead atoms. The van der Waals surface area contributed by atoms with Crippen molar-refractivity contribution in [3.05, 3.63) is 22.3 Å². The van der Waals surface area contributed by atoms with Crippen molar-refractivity contribution in [3.63, 3.8) is 0 Å². The first-order chi connectivity index (χ1) is 5.46. The van der Waals surface area contributed by atoms with Gasteiger partial charge in [-0.3, -0.25) is 0 Å². The highest BCUT2D eigenvalue weighted by atomic mass is 127. The van der Waals surface area contributed by atoms with E-state index in [1.807, 2.05) is 0 Å². The summed E-state index contributed by atoms with van der Waals surface area (Å²) in [6.45, 7) is 0. The van der Waals surface area contributed by atoms with Crippen molar-refractivity contribution < 1.29 is 13.9 Å². The van der Waals surface area contributed by atoms with E-state index in [2.05, 4.69) is 0 Å². The fraction of sp³-hybridized carbons (Fsp3) is 0. The van der Waals surface area contributed by atoms with Crippen LogP contribution in [0.1, 0.15) is 0 Å². The maximum absolute atomic E-state index is 13.0. The molecule has 0 heterocycles. The molecule has 1 aromatic rings. The summed E-state index contributed by atoms with van der Waals surface area (Å²) in [5.41, 5.74) is 0. The SMILES string of the molecule is Oc1c(I)c(F)c(I)c(F)c1I. The first-order valence-electron chi connectivity index (χ1n) is 2.67. The van der Waals surface area contributed by atoms with Gasteiger partial charge in [0.25, 0.3) is 0 Å². The smallest absolute Gasteiger partial charge is 0.156 e. The van der Waals surface area contributed by atoms with Crippen LogP contribution >= 0.6 is 67.8 Å². The minimum Gasteiger partial charge on any atom is -0.506 e. The number of hydrogen-bond acceptors (Lipinski definition) is 1. The molecule has 0 aliphatic heterocycles. The van der Waals surface area contributed by atoms with E-state index in [4.69, 9.17) is 0 Å². The zero-order valence-electron chi connectivity index (χ0n) is 5.34. The Labute approximate surface area is 108 Å². The van der Waals surface area contributed by atoms with E-state index in [1.165, 1.54) is 0 Å². The monoisotopic (exact) mass is 508 g/mol. The van der Waals surface area contributed by atoms with Crippen molar-refractivity contribution in [2.75, 3.05) is 0 Å². The van der Waals surface area contributed by atoms with Crippen molar-refractivity contribution >= 4 is 67.8 Å². The number of aromatic hydroxyl groups is 1. The zero-order chi connectivity index (χ0) is 9.46. The highest BCUT2D eigenvalue weighted by Crippen LogP contribution is 2.33. The van der Waals surface area contributed by atoms with Crippen molar-refractivity contribution in [3.8, 4) is 5.75 Å². The van der Waals surface area contributed by atoms with E-state index in [9.17, 15) is 13.9 Å². The molecule has 0 aliphatic carbocycles. The number of halogens is 5. The van der Waals surface area contributed by atoms with E-state index in [0.717, 1.165) is 0 Å². The largest absolute Gasteiger partial charge is 0.506 e. The van der Waals surface area contributed by atoms with Crippen LogP contribution in [0.25, 0.3) is 0 Å². The molecular weight excluding hydrogens is 507 g/mol. The van der Waals surface area contributed by atoms with Crippen LogP contribution in [0.4, 0.5) is 8.78 Å². The molecule has 0 atom stereocenters. The average molecular weight is 508 g/mol. The van der Waals surface area contributed by atoms with Crippen molar-refractivity contribution in [2.45, 2.75) is 0 Å². The van der Waals surface area contributed by atoms with Gasteiger partial charge in [0.05, 0.1) is 10.7 Å². The van der Waals surface area contributed by atoms with Crippen LogP contribution in [0.3, 0.4) is 0 Å². The van der Waals surface area contributed by atoms with Gasteiger partial charge in [0.15, 0.2) is 11.6 Å². The van der Waals surface area contributed by atoms with Gasteiger partial charge in [0.2, 0.25) is 0 Å². The van der Waals surface area contributed by atoms with Gasteiger partial charge in [-0.2, -0.15) is 0 Å². The highest BCUT2D eigenvalue weighted by molar-refractivity contribution is 14.1. The van der Waals surface area contributed by atoms with Crippen molar-refractivity contribution in [1.29, 1.82) is 0 Å². The Morgan fingerprint density at radius 1 is 0.833 bits per heavy atom. The molecule has 1 nitrogen and oxygen atoms in total. The second-order valence-corrected chi connectivity index (χ2v) is 5.15. The van der Waals surface area contributed by atoms with Gasteiger partial charge >= 0.3 is 0 Å². The molecule has 0 aromatic heterocycles. The van der Waals surface area contributed by atoms with Crippen LogP contribution < -0.4 is 0 Å². The first-order valence-corrected chi connectivity index (χ1v) is 5.90. The molecule has 6 heteroatoms. The quantitative estimate of drug-likeness (QED) is 0.324. The second kappa shape index (κ2) is 4.07. The summed E-state index contributed by atoms with van der Waals surface area (Å²) in [5.74, 6) is -1.73. The zero-order valence-corrected chi connectivity index (χ0v) is 11.8. The van der Waals surface area contributed by atoms with Crippen LogP contribution in [0.2, 0.25) is 0 Å². The van der Waals surface area contributed by atoms with E-state index in [1.54, 1.807) is 67.8 Å². The summed E-state index contributed by atoms with van der Waals surface area (Å²) in [6.07, 6.45) is 0. The number of phenols is 1. The second-order valence-electron chi connectivity index (χ2n) is 1.92. The summed E-state index contributed by atoms with van der Waals surface area (Å²) in [6, 6.07) is 0. The highest BCUT2D eigenvalue weighted by Gasteiger charge is 2.19. The molecule has 0 fully saturated rings. The van der Waals surface area contributed by atoms with E-state index < -0.39 is 11.6 Å². The van der Waals surface area contributed by atoms with Crippen LogP contribution in [-0.2, 0) is 0 Å². The molecule has 0 saturated heterocycles. The van der Waals surface area contributed by atoms with Gasteiger partial charge in [0, 0.05) is 0 Å². The number of hydrogen-bond donors (Lipinski definition) is 1. The lowest BCUT2D eigenvalue weighted by Gasteiger charge is -2.05.